The maximum absolute atomic E-state index is 13.5. The van der Waals surface area contributed by atoms with Crippen LogP contribution in [-0.2, 0) is 9.59 Å². The largest absolute Gasteiger partial charge is 0.508 e. The van der Waals surface area contributed by atoms with Crippen LogP contribution in [0, 0.1) is 20.8 Å². The van der Waals surface area contributed by atoms with Crippen LogP contribution in [0.2, 0.25) is 0 Å². The van der Waals surface area contributed by atoms with Crippen LogP contribution in [0.3, 0.4) is 0 Å². The van der Waals surface area contributed by atoms with E-state index in [0.29, 0.717) is 27.6 Å². The Morgan fingerprint density at radius 1 is 1.00 bits per heavy atom. The Hall–Kier alpha value is -4.50. The van der Waals surface area contributed by atoms with E-state index in [0.717, 1.165) is 15.8 Å². The third-order valence-electron chi connectivity index (χ3n) is 6.70. The Balaban J connectivity index is 1.60. The van der Waals surface area contributed by atoms with Gasteiger partial charge in [0.2, 0.25) is 0 Å². The second kappa shape index (κ2) is 8.28. The first kappa shape index (κ1) is 22.9. The molecule has 0 radical (unpaired) electrons. The molecule has 1 aliphatic heterocycles. The van der Waals surface area contributed by atoms with Crippen molar-refractivity contribution in [2.75, 3.05) is 4.90 Å². The summed E-state index contributed by atoms with van der Waals surface area (Å²) >= 11 is 1.30. The van der Waals surface area contributed by atoms with Gasteiger partial charge in [-0.25, -0.2) is 9.97 Å². The van der Waals surface area contributed by atoms with E-state index in [1.807, 2.05) is 54.8 Å². The lowest BCUT2D eigenvalue weighted by Gasteiger charge is -2.22. The molecule has 1 unspecified atom stereocenters. The van der Waals surface area contributed by atoms with Crippen molar-refractivity contribution in [3.63, 3.8) is 0 Å². The van der Waals surface area contributed by atoms with Crippen molar-refractivity contribution in [3.8, 4) is 5.75 Å². The number of thiazole rings is 1. The van der Waals surface area contributed by atoms with Gasteiger partial charge in [-0.2, -0.15) is 0 Å². The molecule has 1 aliphatic rings. The fraction of sp³-hybridized carbons (Fsp3) is 0.143. The summed E-state index contributed by atoms with van der Waals surface area (Å²) in [5.41, 5.74) is 4.67. The number of Topliss-reactive ketones (excluding diaryl/α,β-unsaturated/α-hetero) is 1. The summed E-state index contributed by atoms with van der Waals surface area (Å²) in [6.07, 6.45) is 1.83. The molecule has 0 saturated carbocycles. The Bertz CT molecular complexity index is 1780. The molecule has 0 aliphatic carbocycles. The van der Waals surface area contributed by atoms with Crippen molar-refractivity contribution in [2.45, 2.75) is 26.8 Å². The van der Waals surface area contributed by atoms with E-state index in [2.05, 4.69) is 9.97 Å². The van der Waals surface area contributed by atoms with Crippen LogP contribution < -0.4 is 4.90 Å². The first-order chi connectivity index (χ1) is 17.7. The number of hydrogen-bond acceptors (Lipinski definition) is 7. The summed E-state index contributed by atoms with van der Waals surface area (Å²) in [6.45, 7) is 5.69. The van der Waals surface area contributed by atoms with E-state index in [4.69, 9.17) is 0 Å². The molecule has 4 heterocycles. The second-order valence-electron chi connectivity index (χ2n) is 9.16. The number of rotatable bonds is 3. The standard InChI is InChI=1S/C28H22N4O4S/c1-14-6-11-19-20(13-14)37-28(29-19)32-23(17-7-9-18(33)10-8-17)21(25(35)27(32)36)24(34)22-16(3)31-12-4-5-15(2)26(31)30-22/h4-13,23,33-34H,1-3H3. The van der Waals surface area contributed by atoms with Crippen molar-refractivity contribution in [2.24, 2.45) is 0 Å². The Morgan fingerprint density at radius 3 is 2.49 bits per heavy atom. The maximum atomic E-state index is 13.5. The zero-order chi connectivity index (χ0) is 26.0. The number of carbonyl (C=O) groups excluding carboxylic acids is 2. The van der Waals surface area contributed by atoms with E-state index in [1.165, 1.54) is 28.4 Å². The minimum Gasteiger partial charge on any atom is -0.508 e. The van der Waals surface area contributed by atoms with Gasteiger partial charge in [0.05, 0.1) is 27.5 Å². The number of phenolic OH excluding ortho intramolecular Hbond substituents is 1. The molecule has 0 spiro atoms. The van der Waals surface area contributed by atoms with E-state index in [-0.39, 0.29) is 22.8 Å². The van der Waals surface area contributed by atoms with Gasteiger partial charge in [-0.1, -0.05) is 35.6 Å². The average molecular weight is 511 g/mol. The van der Waals surface area contributed by atoms with Gasteiger partial charge in [-0.3, -0.25) is 14.5 Å². The average Bonchev–Trinajstić information content (AvgIpc) is 3.52. The number of aromatic nitrogens is 3. The summed E-state index contributed by atoms with van der Waals surface area (Å²) in [5.74, 6) is -1.91. The van der Waals surface area contributed by atoms with Crippen molar-refractivity contribution >= 4 is 49.8 Å². The highest BCUT2D eigenvalue weighted by atomic mass is 32.1. The third-order valence-corrected chi connectivity index (χ3v) is 7.72. The predicted octanol–water partition coefficient (Wildman–Crippen LogP) is 5.20. The summed E-state index contributed by atoms with van der Waals surface area (Å²) in [5, 5.41) is 21.8. The number of nitrogens with zero attached hydrogens (tertiary/aromatic N) is 4. The molecular weight excluding hydrogens is 488 g/mol. The number of pyridine rings is 1. The first-order valence-corrected chi connectivity index (χ1v) is 12.5. The zero-order valence-electron chi connectivity index (χ0n) is 20.3. The Morgan fingerprint density at radius 2 is 1.76 bits per heavy atom. The molecule has 37 heavy (non-hydrogen) atoms. The molecule has 2 N–H and O–H groups in total. The number of aryl methyl sites for hydroxylation is 3. The van der Waals surface area contributed by atoms with Crippen LogP contribution in [0.5, 0.6) is 5.75 Å². The van der Waals surface area contributed by atoms with Crippen LogP contribution in [0.4, 0.5) is 5.13 Å². The highest BCUT2D eigenvalue weighted by Gasteiger charge is 2.48. The van der Waals surface area contributed by atoms with Crippen LogP contribution in [0.1, 0.15) is 34.1 Å². The van der Waals surface area contributed by atoms with Crippen LogP contribution >= 0.6 is 11.3 Å². The fourth-order valence-corrected chi connectivity index (χ4v) is 5.89. The number of anilines is 1. The number of fused-ring (bicyclic) bond motifs is 2. The highest BCUT2D eigenvalue weighted by Crippen LogP contribution is 2.44. The Kier molecular flexibility index (Phi) is 5.13. The van der Waals surface area contributed by atoms with Gasteiger partial charge in [0, 0.05) is 6.20 Å². The van der Waals surface area contributed by atoms with Crippen molar-refractivity contribution in [3.05, 3.63) is 94.4 Å². The number of aromatic hydroxyl groups is 1. The minimum atomic E-state index is -0.951. The Labute approximate surface area is 215 Å². The number of aliphatic hydroxyl groups is 1. The molecule has 1 atom stereocenters. The number of carbonyl (C=O) groups is 2. The normalized spacial score (nSPS) is 17.4. The number of ketones is 1. The van der Waals surface area contributed by atoms with E-state index in [1.54, 1.807) is 19.1 Å². The minimum absolute atomic E-state index is 0.0443. The summed E-state index contributed by atoms with van der Waals surface area (Å²) in [6, 6.07) is 14.9. The molecule has 2 aromatic carbocycles. The van der Waals surface area contributed by atoms with Gasteiger partial charge in [-0.15, -0.1) is 0 Å². The molecule has 6 rings (SSSR count). The van der Waals surface area contributed by atoms with E-state index < -0.39 is 17.7 Å². The molecular formula is C28H22N4O4S. The lowest BCUT2D eigenvalue weighted by molar-refractivity contribution is -0.132. The zero-order valence-corrected chi connectivity index (χ0v) is 21.1. The van der Waals surface area contributed by atoms with Gasteiger partial charge in [0.1, 0.15) is 17.1 Å². The summed E-state index contributed by atoms with van der Waals surface area (Å²) in [4.78, 5) is 37.6. The van der Waals surface area contributed by atoms with E-state index >= 15 is 0 Å². The van der Waals surface area contributed by atoms with Crippen LogP contribution in [0.15, 0.2) is 66.4 Å². The lowest BCUT2D eigenvalue weighted by Crippen LogP contribution is -2.29. The monoisotopic (exact) mass is 510 g/mol. The smallest absolute Gasteiger partial charge is 0.301 e. The second-order valence-corrected chi connectivity index (χ2v) is 10.2. The predicted molar refractivity (Wildman–Crippen MR) is 142 cm³/mol. The van der Waals surface area contributed by atoms with E-state index in [9.17, 15) is 19.8 Å². The molecule has 184 valence electrons. The fourth-order valence-electron chi connectivity index (χ4n) is 4.80. The van der Waals surface area contributed by atoms with Crippen LogP contribution in [0.25, 0.3) is 21.6 Å². The number of benzene rings is 2. The van der Waals surface area contributed by atoms with Gasteiger partial charge >= 0.3 is 5.91 Å². The number of phenols is 1. The molecule has 5 aromatic rings. The third kappa shape index (κ3) is 3.50. The molecule has 1 saturated heterocycles. The van der Waals surface area contributed by atoms with Crippen molar-refractivity contribution in [1.82, 2.24) is 14.4 Å². The van der Waals surface area contributed by atoms with Gasteiger partial charge in [-0.05, 0) is 67.8 Å². The number of hydrogen-bond donors (Lipinski definition) is 2. The molecule has 1 fully saturated rings. The number of aliphatic hydroxyl groups excluding tert-OH is 1. The summed E-state index contributed by atoms with van der Waals surface area (Å²) < 4.78 is 2.72. The first-order valence-electron chi connectivity index (χ1n) is 11.7. The molecule has 9 heteroatoms. The van der Waals surface area contributed by atoms with Gasteiger partial charge in [0.15, 0.2) is 10.9 Å². The van der Waals surface area contributed by atoms with Gasteiger partial charge < -0.3 is 14.6 Å². The highest BCUT2D eigenvalue weighted by molar-refractivity contribution is 7.22. The van der Waals surface area contributed by atoms with Gasteiger partial charge in [0.25, 0.3) is 5.78 Å². The topological polar surface area (TPSA) is 108 Å². The summed E-state index contributed by atoms with van der Waals surface area (Å²) in [7, 11) is 0. The number of imidazole rings is 1. The quantitative estimate of drug-likeness (QED) is 0.196. The lowest BCUT2D eigenvalue weighted by atomic mass is 9.96. The van der Waals surface area contributed by atoms with Crippen molar-refractivity contribution in [1.29, 1.82) is 0 Å². The van der Waals surface area contributed by atoms with Crippen molar-refractivity contribution < 1.29 is 19.8 Å². The molecule has 1 amide bonds. The maximum Gasteiger partial charge on any atom is 0.301 e. The van der Waals surface area contributed by atoms with Crippen LogP contribution in [-0.4, -0.2) is 36.3 Å². The SMILES string of the molecule is Cc1ccc2nc(N3C(=O)C(=O)C(=C(O)c4nc5c(C)cccn5c4C)C3c3ccc(O)cc3)sc2c1. The molecule has 8 nitrogen and oxygen atoms in total. The molecule has 0 bridgehead atoms. The number of amides is 1. The molecule has 3 aromatic heterocycles.